The molecular formula is C15H32NO3P. The number of hydroxylamine groups is 2. The molecule has 0 aliphatic rings. The second kappa shape index (κ2) is 7.84. The third-order valence-electron chi connectivity index (χ3n) is 3.19. The maximum atomic E-state index is 11.4. The van der Waals surface area contributed by atoms with Gasteiger partial charge in [0.15, 0.2) is 0 Å². The van der Waals surface area contributed by atoms with Crippen molar-refractivity contribution in [3.8, 4) is 0 Å². The van der Waals surface area contributed by atoms with Crippen LogP contribution in [0, 0.1) is 5.41 Å². The average molecular weight is 305 g/mol. The molecule has 5 heteroatoms. The molecular weight excluding hydrogens is 273 g/mol. The number of nitrogens with zero attached hydrogens (tertiary/aromatic N) is 1. The fraction of sp³-hybridized carbons (Fsp3) is 0.933. The maximum absolute atomic E-state index is 11.4. The highest BCUT2D eigenvalue weighted by Crippen LogP contribution is 2.52. The van der Waals surface area contributed by atoms with Crippen LogP contribution in [0.3, 0.4) is 0 Å². The second-order valence-corrected chi connectivity index (χ2v) is 9.14. The normalized spacial score (nSPS) is 16.3. The Labute approximate surface area is 125 Å². The summed E-state index contributed by atoms with van der Waals surface area (Å²) in [4.78, 5) is 11.4. The fourth-order valence-electron chi connectivity index (χ4n) is 2.44. The molecule has 120 valence electrons. The van der Waals surface area contributed by atoms with Crippen LogP contribution in [-0.2, 0) is 9.32 Å². The number of carbonyl (C=O) groups excluding carboxylic acids is 1. The van der Waals surface area contributed by atoms with Crippen molar-refractivity contribution in [3.63, 3.8) is 0 Å². The summed E-state index contributed by atoms with van der Waals surface area (Å²) in [6, 6.07) is 0. The van der Waals surface area contributed by atoms with Gasteiger partial charge in [-0.05, 0) is 39.3 Å². The fourth-order valence-corrected chi connectivity index (χ4v) is 4.86. The maximum Gasteiger partial charge on any atom is 0.131 e. The first kappa shape index (κ1) is 20.0. The van der Waals surface area contributed by atoms with Crippen LogP contribution in [0.15, 0.2) is 0 Å². The molecule has 0 amide bonds. The van der Waals surface area contributed by atoms with E-state index < -0.39 is 13.7 Å². The van der Waals surface area contributed by atoms with E-state index in [0.717, 1.165) is 6.16 Å². The first-order valence-corrected chi connectivity index (χ1v) is 8.86. The Hall–Kier alpha value is -0.0200. The van der Waals surface area contributed by atoms with Crippen molar-refractivity contribution in [2.24, 2.45) is 5.41 Å². The van der Waals surface area contributed by atoms with Crippen molar-refractivity contribution in [3.05, 3.63) is 0 Å². The van der Waals surface area contributed by atoms with E-state index in [1.165, 1.54) is 5.06 Å². The third-order valence-corrected chi connectivity index (χ3v) is 5.94. The lowest BCUT2D eigenvalue weighted by Crippen LogP contribution is -2.53. The topological polar surface area (TPSA) is 49.8 Å². The van der Waals surface area contributed by atoms with E-state index in [0.29, 0.717) is 13.0 Å². The quantitative estimate of drug-likeness (QED) is 0.537. The molecule has 0 heterocycles. The van der Waals surface area contributed by atoms with Gasteiger partial charge in [0.2, 0.25) is 0 Å². The van der Waals surface area contributed by atoms with Gasteiger partial charge in [0.1, 0.15) is 5.78 Å². The van der Waals surface area contributed by atoms with Crippen LogP contribution in [0.25, 0.3) is 0 Å². The molecule has 0 aromatic rings. The Kier molecular flexibility index (Phi) is 7.83. The Bertz CT molecular complexity index is 313. The van der Waals surface area contributed by atoms with Crippen LogP contribution in [0.4, 0.5) is 0 Å². The van der Waals surface area contributed by atoms with Crippen LogP contribution in [-0.4, -0.2) is 40.1 Å². The minimum absolute atomic E-state index is 0.0824. The standard InChI is InChI=1S/C15H32NO3P/c1-9-19-20(10-2)13(14(4,5)6)16(18)15(7,8)11-12(3)17/h13,18H,9-11H2,1-8H3. The van der Waals surface area contributed by atoms with Crippen molar-refractivity contribution in [2.45, 2.75) is 73.1 Å². The summed E-state index contributed by atoms with van der Waals surface area (Å²) in [6.45, 7) is 16.4. The molecule has 0 radical (unpaired) electrons. The second-order valence-electron chi connectivity index (χ2n) is 6.93. The number of rotatable bonds is 8. The number of hydrogen-bond donors (Lipinski definition) is 1. The Morgan fingerprint density at radius 1 is 1.25 bits per heavy atom. The molecule has 0 aliphatic heterocycles. The lowest BCUT2D eigenvalue weighted by atomic mass is 9.91. The molecule has 0 saturated carbocycles. The van der Waals surface area contributed by atoms with Crippen LogP contribution in [0.2, 0.25) is 0 Å². The summed E-state index contributed by atoms with van der Waals surface area (Å²) in [7, 11) is -0.774. The van der Waals surface area contributed by atoms with Crippen LogP contribution in [0.5, 0.6) is 0 Å². The molecule has 0 rings (SSSR count). The lowest BCUT2D eigenvalue weighted by molar-refractivity contribution is -0.194. The van der Waals surface area contributed by atoms with Crippen LogP contribution in [0.1, 0.15) is 61.8 Å². The van der Waals surface area contributed by atoms with Gasteiger partial charge in [0, 0.05) is 26.7 Å². The van der Waals surface area contributed by atoms with E-state index in [1.54, 1.807) is 6.92 Å². The predicted octanol–water partition coefficient (Wildman–Crippen LogP) is 4.26. The zero-order valence-electron chi connectivity index (χ0n) is 14.4. The highest BCUT2D eigenvalue weighted by Gasteiger charge is 2.43. The predicted molar refractivity (Wildman–Crippen MR) is 85.3 cm³/mol. The first-order chi connectivity index (χ1) is 8.97. The smallest absolute Gasteiger partial charge is 0.131 e. The van der Waals surface area contributed by atoms with Gasteiger partial charge in [0.25, 0.3) is 0 Å². The van der Waals surface area contributed by atoms with E-state index >= 15 is 0 Å². The van der Waals surface area contributed by atoms with Gasteiger partial charge in [-0.2, -0.15) is 5.06 Å². The molecule has 0 fully saturated rings. The minimum Gasteiger partial charge on any atom is -0.358 e. The summed E-state index contributed by atoms with van der Waals surface area (Å²) in [5.41, 5.74) is -0.712. The molecule has 0 saturated heterocycles. The van der Waals surface area contributed by atoms with Crippen LogP contribution < -0.4 is 0 Å². The first-order valence-electron chi connectivity index (χ1n) is 7.34. The summed E-state index contributed by atoms with van der Waals surface area (Å²) in [6.07, 6.45) is 1.22. The van der Waals surface area contributed by atoms with Crippen LogP contribution >= 0.6 is 8.15 Å². The Balaban J connectivity index is 5.37. The highest BCUT2D eigenvalue weighted by atomic mass is 31.1. The summed E-state index contributed by atoms with van der Waals surface area (Å²) >= 11 is 0. The van der Waals surface area contributed by atoms with Gasteiger partial charge in [-0.1, -0.05) is 27.7 Å². The van der Waals surface area contributed by atoms with Crippen molar-refractivity contribution in [1.82, 2.24) is 5.06 Å². The number of carbonyl (C=O) groups is 1. The number of Topliss-reactive ketones (excluding diaryl/α,β-unsaturated/α-hetero) is 1. The zero-order chi connectivity index (χ0) is 16.1. The lowest BCUT2D eigenvalue weighted by Gasteiger charge is -2.47. The summed E-state index contributed by atoms with van der Waals surface area (Å²) < 4.78 is 5.88. The van der Waals surface area contributed by atoms with Crippen molar-refractivity contribution < 1.29 is 14.5 Å². The van der Waals surface area contributed by atoms with Gasteiger partial charge in [-0.25, -0.2) is 0 Å². The molecule has 2 atom stereocenters. The average Bonchev–Trinajstić information content (AvgIpc) is 2.24. The van der Waals surface area contributed by atoms with Crippen molar-refractivity contribution in [2.75, 3.05) is 12.8 Å². The zero-order valence-corrected chi connectivity index (χ0v) is 15.3. The monoisotopic (exact) mass is 305 g/mol. The van der Waals surface area contributed by atoms with E-state index in [1.807, 2.05) is 20.8 Å². The van der Waals surface area contributed by atoms with Crippen molar-refractivity contribution in [1.29, 1.82) is 0 Å². The van der Waals surface area contributed by atoms with E-state index in [4.69, 9.17) is 4.52 Å². The molecule has 0 bridgehead atoms. The molecule has 20 heavy (non-hydrogen) atoms. The minimum atomic E-state index is -0.774. The van der Waals surface area contributed by atoms with Gasteiger partial charge < -0.3 is 9.73 Å². The van der Waals surface area contributed by atoms with Gasteiger partial charge >= 0.3 is 0 Å². The largest absolute Gasteiger partial charge is 0.358 e. The highest BCUT2D eigenvalue weighted by molar-refractivity contribution is 7.53. The van der Waals surface area contributed by atoms with Gasteiger partial charge in [-0.3, -0.25) is 4.79 Å². The van der Waals surface area contributed by atoms with Gasteiger partial charge in [0.05, 0.1) is 5.78 Å². The summed E-state index contributed by atoms with van der Waals surface area (Å²) in [5.74, 6) is -0.0178. The molecule has 0 aliphatic carbocycles. The molecule has 0 aromatic carbocycles. The molecule has 1 N–H and O–H groups in total. The molecule has 4 nitrogen and oxygen atoms in total. The molecule has 0 spiro atoms. The Morgan fingerprint density at radius 3 is 2.05 bits per heavy atom. The number of ketones is 1. The van der Waals surface area contributed by atoms with E-state index in [9.17, 15) is 10.0 Å². The number of hydrogen-bond acceptors (Lipinski definition) is 4. The third kappa shape index (κ3) is 5.77. The SMILES string of the molecule is CCOP(CC)C(N(O)C(C)(C)CC(C)=O)C(C)(C)C. The van der Waals surface area contributed by atoms with E-state index in [2.05, 4.69) is 27.7 Å². The summed E-state index contributed by atoms with van der Waals surface area (Å²) in [5, 5.41) is 12.1. The molecule has 2 unspecified atom stereocenters. The Morgan fingerprint density at radius 2 is 1.75 bits per heavy atom. The van der Waals surface area contributed by atoms with Crippen molar-refractivity contribution >= 4 is 13.9 Å². The van der Waals surface area contributed by atoms with Gasteiger partial charge in [-0.15, -0.1) is 0 Å². The molecule has 0 aromatic heterocycles. The van der Waals surface area contributed by atoms with E-state index in [-0.39, 0.29) is 17.0 Å².